The van der Waals surface area contributed by atoms with Crippen molar-refractivity contribution < 1.29 is 14.0 Å². The highest BCUT2D eigenvalue weighted by Crippen LogP contribution is 2.45. The summed E-state index contributed by atoms with van der Waals surface area (Å²) in [5, 5.41) is 12.4. The maximum absolute atomic E-state index is 9.70. The number of unbranched alkanes of at least 4 members (excludes halogenated alkanes) is 3. The fourth-order valence-corrected chi connectivity index (χ4v) is 13.9. The monoisotopic (exact) mass is 554 g/mol. The van der Waals surface area contributed by atoms with E-state index in [1.807, 2.05) is 0 Å². The molecule has 0 saturated heterocycles. The lowest BCUT2D eigenvalue weighted by molar-refractivity contribution is 0.135. The van der Waals surface area contributed by atoms with Crippen molar-refractivity contribution in [2.45, 2.75) is 109 Å². The summed E-state index contributed by atoms with van der Waals surface area (Å²) in [4.78, 5) is 0. The molecular weight excluding hydrogens is 501 g/mol. The van der Waals surface area contributed by atoms with Crippen LogP contribution in [0.2, 0.25) is 23.2 Å². The topological polar surface area (TPSA) is 38.7 Å². The maximum Gasteiger partial charge on any atom is 0.261 e. The minimum atomic E-state index is -2.43. The molecule has 1 saturated carbocycles. The molecule has 1 aliphatic rings. The lowest BCUT2D eigenvalue weighted by atomic mass is 10.0. The number of hydrogen-bond donors (Lipinski definition) is 1. The Labute approximate surface area is 235 Å². The van der Waals surface area contributed by atoms with Gasteiger partial charge >= 0.3 is 0 Å². The van der Waals surface area contributed by atoms with Gasteiger partial charge in [-0.2, -0.15) is 0 Å². The summed E-state index contributed by atoms with van der Waals surface area (Å²) >= 11 is 0. The van der Waals surface area contributed by atoms with E-state index < -0.39 is 16.6 Å². The zero-order valence-corrected chi connectivity index (χ0v) is 27.0. The van der Waals surface area contributed by atoms with E-state index >= 15 is 0 Å². The predicted octanol–water partition coefficient (Wildman–Crippen LogP) is 7.53. The second-order valence-corrected chi connectivity index (χ2v) is 21.5. The third-order valence-electron chi connectivity index (χ3n) is 9.14. The summed E-state index contributed by atoms with van der Waals surface area (Å²) in [6.45, 7) is 15.1. The molecule has 1 N–H and O–H groups in total. The summed E-state index contributed by atoms with van der Waals surface area (Å²) in [7, 11) is -4.06. The zero-order valence-electron chi connectivity index (χ0n) is 25.0. The van der Waals surface area contributed by atoms with Crippen molar-refractivity contribution in [2.75, 3.05) is 13.2 Å². The van der Waals surface area contributed by atoms with Crippen LogP contribution < -0.4 is 10.4 Å². The number of aliphatic hydroxyl groups is 1. The normalized spacial score (nSPS) is 18.9. The van der Waals surface area contributed by atoms with Gasteiger partial charge in [0.05, 0.1) is 0 Å². The molecule has 212 valence electrons. The Morgan fingerprint density at radius 1 is 0.816 bits per heavy atom. The number of aliphatic hydroxyl groups excluding tert-OH is 1. The van der Waals surface area contributed by atoms with Gasteiger partial charge in [-0.3, -0.25) is 0 Å². The highest BCUT2D eigenvalue weighted by Gasteiger charge is 2.50. The van der Waals surface area contributed by atoms with Crippen molar-refractivity contribution >= 4 is 27.0 Å². The Bertz CT molecular complexity index is 876. The van der Waals surface area contributed by atoms with Crippen LogP contribution in [0.4, 0.5) is 0 Å². The summed E-state index contributed by atoms with van der Waals surface area (Å²) in [5.41, 5.74) is 0. The van der Waals surface area contributed by atoms with Crippen LogP contribution in [0.15, 0.2) is 60.7 Å². The molecule has 2 aromatic rings. The van der Waals surface area contributed by atoms with E-state index in [-0.39, 0.29) is 5.04 Å². The molecule has 3 atom stereocenters. The molecule has 0 unspecified atom stereocenters. The Kier molecular flexibility index (Phi) is 11.9. The summed E-state index contributed by atoms with van der Waals surface area (Å²) < 4.78 is 14.0. The van der Waals surface area contributed by atoms with Gasteiger partial charge in [0.15, 0.2) is 8.32 Å². The molecule has 3 rings (SSSR count). The van der Waals surface area contributed by atoms with Gasteiger partial charge in [-0.1, -0.05) is 121 Å². The molecule has 0 aromatic heterocycles. The lowest BCUT2D eigenvalue weighted by Crippen LogP contribution is -2.66. The van der Waals surface area contributed by atoms with Crippen LogP contribution in [-0.2, 0) is 8.85 Å². The third kappa shape index (κ3) is 7.48. The second kappa shape index (κ2) is 14.4. The minimum Gasteiger partial charge on any atom is -0.414 e. The molecule has 1 fully saturated rings. The van der Waals surface area contributed by atoms with Crippen LogP contribution in [0.3, 0.4) is 0 Å². The first-order chi connectivity index (χ1) is 18.3. The van der Waals surface area contributed by atoms with Crippen LogP contribution in [0.25, 0.3) is 0 Å². The molecule has 0 amide bonds. The standard InChI is InChI=1S/C33H54O3Si2/c1-7-37(8-2,9-3)36-32(31-26-28(31)27-34)24-18-10-11-19-25-35-38(33(4,5)6,29-20-14-12-15-21-29)30-22-16-13-17-23-30/h12-17,20-23,28,31-32,34H,7-11,18-19,24-27H2,1-6H3/t28-,31+,32+/m0/s1. The predicted molar refractivity (Wildman–Crippen MR) is 167 cm³/mol. The number of hydrogen-bond acceptors (Lipinski definition) is 3. The average Bonchev–Trinajstić information content (AvgIpc) is 3.73. The Hall–Kier alpha value is -1.25. The molecule has 2 aromatic carbocycles. The van der Waals surface area contributed by atoms with E-state index in [2.05, 4.69) is 102 Å². The van der Waals surface area contributed by atoms with Crippen molar-refractivity contribution in [3.05, 3.63) is 60.7 Å². The highest BCUT2D eigenvalue weighted by molar-refractivity contribution is 6.99. The van der Waals surface area contributed by atoms with Crippen molar-refractivity contribution in [3.8, 4) is 0 Å². The van der Waals surface area contributed by atoms with Crippen LogP contribution in [0.5, 0.6) is 0 Å². The Morgan fingerprint density at radius 3 is 1.79 bits per heavy atom. The van der Waals surface area contributed by atoms with Crippen LogP contribution in [0, 0.1) is 11.8 Å². The lowest BCUT2D eigenvalue weighted by Gasteiger charge is -2.43. The molecule has 0 heterocycles. The van der Waals surface area contributed by atoms with E-state index in [9.17, 15) is 5.11 Å². The number of rotatable bonds is 17. The summed E-state index contributed by atoms with van der Waals surface area (Å²) in [6, 6.07) is 25.5. The van der Waals surface area contributed by atoms with Crippen molar-refractivity contribution in [2.24, 2.45) is 11.8 Å². The van der Waals surface area contributed by atoms with Gasteiger partial charge < -0.3 is 14.0 Å². The molecule has 3 nitrogen and oxygen atoms in total. The molecule has 0 radical (unpaired) electrons. The van der Waals surface area contributed by atoms with Crippen LogP contribution in [-0.4, -0.2) is 41.1 Å². The first-order valence-electron chi connectivity index (χ1n) is 15.3. The fourth-order valence-electron chi connectivity index (χ4n) is 6.41. The second-order valence-electron chi connectivity index (χ2n) is 12.5. The maximum atomic E-state index is 9.70. The Morgan fingerprint density at radius 2 is 1.34 bits per heavy atom. The number of benzene rings is 2. The van der Waals surface area contributed by atoms with Gasteiger partial charge in [-0.05, 0) is 64.6 Å². The van der Waals surface area contributed by atoms with Crippen molar-refractivity contribution in [1.29, 1.82) is 0 Å². The van der Waals surface area contributed by atoms with Gasteiger partial charge in [0.1, 0.15) is 0 Å². The van der Waals surface area contributed by atoms with E-state index in [0.717, 1.165) is 25.9 Å². The molecule has 0 aliphatic heterocycles. The summed E-state index contributed by atoms with van der Waals surface area (Å²) in [5.74, 6) is 1.05. The molecule has 5 heteroatoms. The Balaban J connectivity index is 1.58. The molecule has 0 bridgehead atoms. The van der Waals surface area contributed by atoms with Gasteiger partial charge in [-0.25, -0.2) is 0 Å². The van der Waals surface area contributed by atoms with Crippen LogP contribution >= 0.6 is 0 Å². The smallest absolute Gasteiger partial charge is 0.261 e. The quantitative estimate of drug-likeness (QED) is 0.162. The fraction of sp³-hybridized carbons (Fsp3) is 0.636. The molecule has 0 spiro atoms. The van der Waals surface area contributed by atoms with Crippen molar-refractivity contribution in [3.63, 3.8) is 0 Å². The van der Waals surface area contributed by atoms with E-state index in [0.29, 0.717) is 24.5 Å². The molecular formula is C33H54O3Si2. The van der Waals surface area contributed by atoms with Gasteiger partial charge in [-0.15, -0.1) is 0 Å². The van der Waals surface area contributed by atoms with E-state index in [1.165, 1.54) is 47.8 Å². The largest absolute Gasteiger partial charge is 0.414 e. The minimum absolute atomic E-state index is 0.0298. The zero-order chi connectivity index (χ0) is 27.7. The van der Waals surface area contributed by atoms with Gasteiger partial charge in [0.25, 0.3) is 8.32 Å². The first kappa shape index (κ1) is 31.3. The highest BCUT2D eigenvalue weighted by atomic mass is 28.4. The first-order valence-corrected chi connectivity index (χ1v) is 19.7. The van der Waals surface area contributed by atoms with Gasteiger partial charge in [0, 0.05) is 19.3 Å². The van der Waals surface area contributed by atoms with Gasteiger partial charge in [0.2, 0.25) is 0 Å². The molecule has 1 aliphatic carbocycles. The van der Waals surface area contributed by atoms with Crippen molar-refractivity contribution in [1.82, 2.24) is 0 Å². The molecule has 38 heavy (non-hydrogen) atoms. The van der Waals surface area contributed by atoms with E-state index in [1.54, 1.807) is 0 Å². The average molecular weight is 555 g/mol. The summed E-state index contributed by atoms with van der Waals surface area (Å²) in [6.07, 6.45) is 7.36. The van der Waals surface area contributed by atoms with Crippen LogP contribution in [0.1, 0.15) is 80.1 Å². The third-order valence-corrected chi connectivity index (χ3v) is 18.9. The van der Waals surface area contributed by atoms with E-state index in [4.69, 9.17) is 8.85 Å². The SMILES string of the molecule is CC[Si](CC)(CC)O[C@H](CCCCCCO[Si](c1ccccc1)(c1ccccc1)C(C)(C)C)[C@@H]1C[C@H]1CO.